The first-order valence-corrected chi connectivity index (χ1v) is 19.5. The number of rotatable bonds is 6. The third-order valence-electron chi connectivity index (χ3n) is 10.6. The molecule has 4 heterocycles. The summed E-state index contributed by atoms with van der Waals surface area (Å²) in [4.78, 5) is 14.7. The molecule has 0 spiro atoms. The number of para-hydroxylation sites is 1. The maximum absolute atomic E-state index is 6.71. The lowest BCUT2D eigenvalue weighted by atomic mass is 9.93. The van der Waals surface area contributed by atoms with E-state index in [1.807, 2.05) is 60.0 Å². The number of pyridine rings is 1. The molecule has 5 heteroatoms. The Labute approximate surface area is 327 Å². The van der Waals surface area contributed by atoms with Crippen LogP contribution in [-0.4, -0.2) is 15.0 Å². The zero-order valence-electron chi connectivity index (χ0n) is 30.1. The molecule has 7 aromatic carbocycles. The minimum Gasteiger partial charge on any atom is -0.455 e. The number of aromatic nitrogens is 3. The van der Waals surface area contributed by atoms with Crippen molar-refractivity contribution >= 4 is 53.4 Å². The van der Waals surface area contributed by atoms with Crippen LogP contribution < -0.4 is 0 Å². The molecule has 0 N–H and O–H groups in total. The molecule has 0 aliphatic carbocycles. The van der Waals surface area contributed by atoms with Crippen LogP contribution in [-0.2, 0) is 0 Å². The molecule has 0 aliphatic heterocycles. The Morgan fingerprint density at radius 2 is 1.05 bits per heavy atom. The van der Waals surface area contributed by atoms with Crippen molar-refractivity contribution in [2.24, 2.45) is 0 Å². The Bertz CT molecular complexity index is 3240. The Kier molecular flexibility index (Phi) is 7.64. The number of nitrogens with zero attached hydrogens (tertiary/aromatic N) is 3. The van der Waals surface area contributed by atoms with Gasteiger partial charge in [0.1, 0.15) is 11.2 Å². The molecule has 0 aliphatic rings. The second kappa shape index (κ2) is 13.3. The van der Waals surface area contributed by atoms with Crippen molar-refractivity contribution in [1.82, 2.24) is 15.0 Å². The normalized spacial score (nSPS) is 11.6. The molecule has 262 valence electrons. The predicted octanol–water partition coefficient (Wildman–Crippen LogP) is 14.1. The molecule has 4 nitrogen and oxygen atoms in total. The third-order valence-corrected chi connectivity index (χ3v) is 11.8. The highest BCUT2D eigenvalue weighted by Crippen LogP contribution is 2.44. The zero-order valence-corrected chi connectivity index (χ0v) is 30.9. The van der Waals surface area contributed by atoms with Gasteiger partial charge in [0, 0.05) is 71.2 Å². The number of furan rings is 1. The van der Waals surface area contributed by atoms with Crippen molar-refractivity contribution in [2.75, 3.05) is 0 Å². The van der Waals surface area contributed by atoms with Crippen LogP contribution in [0, 0.1) is 0 Å². The van der Waals surface area contributed by atoms with Crippen LogP contribution in [0.2, 0.25) is 0 Å². The predicted molar refractivity (Wildman–Crippen MR) is 233 cm³/mol. The van der Waals surface area contributed by atoms with Gasteiger partial charge in [-0.25, -0.2) is 9.97 Å². The molecule has 0 bridgehead atoms. The minimum absolute atomic E-state index is 0.665. The molecule has 0 amide bonds. The maximum atomic E-state index is 6.71. The second-order valence-electron chi connectivity index (χ2n) is 14.0. The third kappa shape index (κ3) is 5.48. The first-order valence-electron chi connectivity index (χ1n) is 18.7. The fourth-order valence-corrected chi connectivity index (χ4v) is 9.02. The Hall–Kier alpha value is -7.21. The molecule has 11 aromatic rings. The van der Waals surface area contributed by atoms with Crippen molar-refractivity contribution in [1.29, 1.82) is 0 Å². The van der Waals surface area contributed by atoms with Crippen molar-refractivity contribution in [3.63, 3.8) is 0 Å². The van der Waals surface area contributed by atoms with Gasteiger partial charge in [0.15, 0.2) is 5.82 Å². The summed E-state index contributed by atoms with van der Waals surface area (Å²) in [5, 5.41) is 4.82. The summed E-state index contributed by atoms with van der Waals surface area (Å²) in [6, 6.07) is 61.7. The largest absolute Gasteiger partial charge is 0.455 e. The van der Waals surface area contributed by atoms with Crippen LogP contribution in [0.25, 0.3) is 109 Å². The standard InChI is InChI=1S/C51H31N3OS/c1-2-11-33(12-3-1)44-30-45(54-51(53-44)41-16-5-4-14-37(41)36-13-10-28-52-31-36)34-22-20-32(21-23-34)39-26-25-38(49-42-17-6-8-18-46(42)55-50(39)49)35-24-27-48-43(29-35)40-15-7-9-19-47(40)56-48/h1-31H. The Balaban J connectivity index is 1.03. The fraction of sp³-hybridized carbons (Fsp3) is 0. The summed E-state index contributed by atoms with van der Waals surface area (Å²) < 4.78 is 9.31. The van der Waals surface area contributed by atoms with E-state index < -0.39 is 0 Å². The topological polar surface area (TPSA) is 51.8 Å². The number of fused-ring (bicyclic) bond motifs is 6. The van der Waals surface area contributed by atoms with Gasteiger partial charge in [-0.15, -0.1) is 11.3 Å². The highest BCUT2D eigenvalue weighted by atomic mass is 32.1. The molecule has 0 unspecified atom stereocenters. The highest BCUT2D eigenvalue weighted by molar-refractivity contribution is 7.25. The van der Waals surface area contributed by atoms with Crippen LogP contribution in [0.5, 0.6) is 0 Å². The van der Waals surface area contributed by atoms with E-state index in [4.69, 9.17) is 14.4 Å². The minimum atomic E-state index is 0.665. The summed E-state index contributed by atoms with van der Waals surface area (Å²) in [6.07, 6.45) is 3.68. The van der Waals surface area contributed by atoms with Crippen molar-refractivity contribution < 1.29 is 4.42 Å². The molecular formula is C51H31N3OS. The quantitative estimate of drug-likeness (QED) is 0.171. The monoisotopic (exact) mass is 733 g/mol. The van der Waals surface area contributed by atoms with Gasteiger partial charge < -0.3 is 4.42 Å². The van der Waals surface area contributed by atoms with Gasteiger partial charge in [0.2, 0.25) is 0 Å². The first kappa shape index (κ1) is 32.2. The summed E-state index contributed by atoms with van der Waals surface area (Å²) in [5.41, 5.74) is 13.0. The fourth-order valence-electron chi connectivity index (χ4n) is 7.93. The number of thiophene rings is 1. The average Bonchev–Trinajstić information content (AvgIpc) is 3.85. The van der Waals surface area contributed by atoms with Crippen molar-refractivity contribution in [3.05, 3.63) is 188 Å². The van der Waals surface area contributed by atoms with E-state index in [1.54, 1.807) is 6.20 Å². The molecule has 56 heavy (non-hydrogen) atoms. The highest BCUT2D eigenvalue weighted by Gasteiger charge is 2.19. The van der Waals surface area contributed by atoms with Gasteiger partial charge in [0.05, 0.1) is 11.4 Å². The van der Waals surface area contributed by atoms with E-state index in [-0.39, 0.29) is 0 Å². The molecule has 0 fully saturated rings. The van der Waals surface area contributed by atoms with Crippen LogP contribution in [0.3, 0.4) is 0 Å². The number of hydrogen-bond donors (Lipinski definition) is 0. The number of benzene rings is 7. The van der Waals surface area contributed by atoms with Gasteiger partial charge >= 0.3 is 0 Å². The van der Waals surface area contributed by atoms with Gasteiger partial charge in [-0.3, -0.25) is 4.98 Å². The van der Waals surface area contributed by atoms with Gasteiger partial charge in [-0.2, -0.15) is 0 Å². The molecule has 0 saturated carbocycles. The van der Waals surface area contributed by atoms with Crippen LogP contribution in [0.15, 0.2) is 193 Å². The summed E-state index contributed by atoms with van der Waals surface area (Å²) >= 11 is 1.84. The summed E-state index contributed by atoms with van der Waals surface area (Å²) in [5.74, 6) is 0.665. The molecule has 0 saturated heterocycles. The lowest BCUT2D eigenvalue weighted by Crippen LogP contribution is -1.97. The lowest BCUT2D eigenvalue weighted by molar-refractivity contribution is 0.670. The van der Waals surface area contributed by atoms with Crippen LogP contribution >= 0.6 is 11.3 Å². The summed E-state index contributed by atoms with van der Waals surface area (Å²) in [6.45, 7) is 0. The smallest absolute Gasteiger partial charge is 0.161 e. The van der Waals surface area contributed by atoms with Crippen LogP contribution in [0.4, 0.5) is 0 Å². The Morgan fingerprint density at radius 1 is 0.411 bits per heavy atom. The molecule has 0 atom stereocenters. The first-order chi connectivity index (χ1) is 27.7. The second-order valence-corrected chi connectivity index (χ2v) is 15.0. The maximum Gasteiger partial charge on any atom is 0.161 e. The number of hydrogen-bond acceptors (Lipinski definition) is 5. The molecular weight excluding hydrogens is 703 g/mol. The van der Waals surface area contributed by atoms with E-state index in [0.717, 1.165) is 77.8 Å². The molecule has 0 radical (unpaired) electrons. The Morgan fingerprint density at radius 3 is 1.88 bits per heavy atom. The van der Waals surface area contributed by atoms with Crippen molar-refractivity contribution in [2.45, 2.75) is 0 Å². The van der Waals surface area contributed by atoms with Gasteiger partial charge in [-0.1, -0.05) is 133 Å². The van der Waals surface area contributed by atoms with E-state index in [2.05, 4.69) is 138 Å². The van der Waals surface area contributed by atoms with E-state index >= 15 is 0 Å². The van der Waals surface area contributed by atoms with E-state index in [1.165, 1.54) is 25.7 Å². The SMILES string of the molecule is c1ccc(-c2cc(-c3ccc(-c4ccc(-c5ccc6sc7ccccc7c6c5)c5c4oc4ccccc45)cc3)nc(-c3ccccc3-c3cccnc3)n2)cc1. The molecule has 11 rings (SSSR count). The van der Waals surface area contributed by atoms with E-state index in [9.17, 15) is 0 Å². The lowest BCUT2D eigenvalue weighted by Gasteiger charge is -2.13. The van der Waals surface area contributed by atoms with Gasteiger partial charge in [0.25, 0.3) is 0 Å². The zero-order chi connectivity index (χ0) is 37.0. The molecule has 4 aromatic heterocycles. The van der Waals surface area contributed by atoms with Crippen LogP contribution in [0.1, 0.15) is 0 Å². The summed E-state index contributed by atoms with van der Waals surface area (Å²) in [7, 11) is 0. The van der Waals surface area contributed by atoms with Gasteiger partial charge in [-0.05, 0) is 64.7 Å². The average molecular weight is 734 g/mol. The van der Waals surface area contributed by atoms with E-state index in [0.29, 0.717) is 5.82 Å². The van der Waals surface area contributed by atoms with Crippen molar-refractivity contribution in [3.8, 4) is 67.3 Å².